The smallest absolute Gasteiger partial charge is 0.241 e. The molecule has 1 saturated carbocycles. The fourth-order valence-corrected chi connectivity index (χ4v) is 6.99. The summed E-state index contributed by atoms with van der Waals surface area (Å²) < 4.78 is 29.6. The number of Topliss-reactive ketones (excluding diaryl/α,β-unsaturated/α-hetero) is 1. The van der Waals surface area contributed by atoms with Gasteiger partial charge in [0.25, 0.3) is 0 Å². The average Bonchev–Trinajstić information content (AvgIpc) is 2.80. The van der Waals surface area contributed by atoms with E-state index in [0.717, 1.165) is 28.9 Å². The SMILES string of the molecule is Cc1ccc(S(=O)(=O)N[C@@H](c2ccc(Cl)cc2)[C@H]2C(=O)CCC[C@@H]2Sc2ccccc2)cc1. The maximum atomic E-state index is 13.4. The summed E-state index contributed by atoms with van der Waals surface area (Å²) in [4.78, 5) is 14.5. The summed E-state index contributed by atoms with van der Waals surface area (Å²) >= 11 is 7.75. The number of rotatable bonds is 7. The highest BCUT2D eigenvalue weighted by Crippen LogP contribution is 2.42. The summed E-state index contributed by atoms with van der Waals surface area (Å²) in [6.07, 6.45) is 2.09. The number of halogens is 1. The molecule has 1 aliphatic carbocycles. The molecule has 0 spiro atoms. The van der Waals surface area contributed by atoms with Crippen molar-refractivity contribution in [2.45, 2.75) is 47.3 Å². The molecule has 0 aromatic heterocycles. The number of hydrogen-bond donors (Lipinski definition) is 1. The van der Waals surface area contributed by atoms with Crippen LogP contribution in [0.3, 0.4) is 0 Å². The maximum absolute atomic E-state index is 13.4. The van der Waals surface area contributed by atoms with E-state index in [-0.39, 0.29) is 15.9 Å². The lowest BCUT2D eigenvalue weighted by atomic mass is 9.80. The van der Waals surface area contributed by atoms with E-state index < -0.39 is 22.0 Å². The van der Waals surface area contributed by atoms with Crippen molar-refractivity contribution in [3.63, 3.8) is 0 Å². The molecule has 3 aromatic carbocycles. The third kappa shape index (κ3) is 5.87. The zero-order valence-corrected chi connectivity index (χ0v) is 20.7. The summed E-state index contributed by atoms with van der Waals surface area (Å²) in [6.45, 7) is 1.91. The molecule has 0 radical (unpaired) electrons. The predicted molar refractivity (Wildman–Crippen MR) is 134 cm³/mol. The molecule has 172 valence electrons. The van der Waals surface area contributed by atoms with Crippen molar-refractivity contribution in [2.75, 3.05) is 0 Å². The molecule has 0 heterocycles. The molecular weight excluding hydrogens is 474 g/mol. The number of carbonyl (C=O) groups excluding carboxylic acids is 1. The molecular formula is C26H26ClNO3S2. The van der Waals surface area contributed by atoms with Gasteiger partial charge in [-0.2, -0.15) is 0 Å². The molecule has 33 heavy (non-hydrogen) atoms. The number of thioether (sulfide) groups is 1. The van der Waals surface area contributed by atoms with Gasteiger partial charge in [-0.05, 0) is 61.7 Å². The van der Waals surface area contributed by atoms with Crippen LogP contribution in [0.5, 0.6) is 0 Å². The van der Waals surface area contributed by atoms with E-state index in [1.807, 2.05) is 37.3 Å². The Balaban J connectivity index is 1.73. The van der Waals surface area contributed by atoms with E-state index in [1.165, 1.54) is 0 Å². The second-order valence-corrected chi connectivity index (χ2v) is 11.8. The molecule has 0 amide bonds. The first-order chi connectivity index (χ1) is 15.8. The Morgan fingerprint density at radius 2 is 1.64 bits per heavy atom. The van der Waals surface area contributed by atoms with Gasteiger partial charge < -0.3 is 0 Å². The van der Waals surface area contributed by atoms with Gasteiger partial charge in [-0.15, -0.1) is 11.8 Å². The number of nitrogens with one attached hydrogen (secondary N) is 1. The van der Waals surface area contributed by atoms with Gasteiger partial charge >= 0.3 is 0 Å². The fourth-order valence-electron chi connectivity index (χ4n) is 4.21. The minimum Gasteiger partial charge on any atom is -0.299 e. The van der Waals surface area contributed by atoms with Crippen LogP contribution in [-0.2, 0) is 14.8 Å². The molecule has 1 N–H and O–H groups in total. The molecule has 3 aromatic rings. The number of carbonyl (C=O) groups is 1. The van der Waals surface area contributed by atoms with Crippen LogP contribution >= 0.6 is 23.4 Å². The van der Waals surface area contributed by atoms with E-state index in [1.54, 1.807) is 60.3 Å². The van der Waals surface area contributed by atoms with Gasteiger partial charge in [0.2, 0.25) is 10.0 Å². The minimum atomic E-state index is -3.85. The van der Waals surface area contributed by atoms with Crippen LogP contribution in [0.2, 0.25) is 5.02 Å². The highest BCUT2D eigenvalue weighted by Gasteiger charge is 2.41. The molecule has 4 nitrogen and oxygen atoms in total. The monoisotopic (exact) mass is 499 g/mol. The second kappa shape index (κ2) is 10.4. The molecule has 3 atom stereocenters. The Morgan fingerprint density at radius 1 is 0.970 bits per heavy atom. The van der Waals surface area contributed by atoms with Crippen molar-refractivity contribution in [3.05, 3.63) is 95.0 Å². The third-order valence-corrected chi connectivity index (χ3v) is 9.00. The Kier molecular flexibility index (Phi) is 7.59. The minimum absolute atomic E-state index is 0.0463. The van der Waals surface area contributed by atoms with Crippen molar-refractivity contribution in [2.24, 2.45) is 5.92 Å². The highest BCUT2D eigenvalue weighted by atomic mass is 35.5. The number of hydrogen-bond acceptors (Lipinski definition) is 4. The van der Waals surface area contributed by atoms with Gasteiger partial charge in [0.1, 0.15) is 5.78 Å². The van der Waals surface area contributed by atoms with Gasteiger partial charge in [-0.25, -0.2) is 13.1 Å². The van der Waals surface area contributed by atoms with Crippen molar-refractivity contribution in [1.82, 2.24) is 4.72 Å². The molecule has 0 saturated heterocycles. The van der Waals surface area contributed by atoms with Crippen LogP contribution in [0, 0.1) is 12.8 Å². The molecule has 1 aliphatic rings. The van der Waals surface area contributed by atoms with E-state index >= 15 is 0 Å². The highest BCUT2D eigenvalue weighted by molar-refractivity contribution is 8.00. The van der Waals surface area contributed by atoms with E-state index in [2.05, 4.69) is 4.72 Å². The van der Waals surface area contributed by atoms with E-state index in [9.17, 15) is 13.2 Å². The maximum Gasteiger partial charge on any atom is 0.241 e. The van der Waals surface area contributed by atoms with Gasteiger partial charge in [0.15, 0.2) is 0 Å². The summed E-state index contributed by atoms with van der Waals surface area (Å²) in [5.41, 5.74) is 1.71. The standard InChI is InChI=1S/C26H26ClNO3S2/c1-18-10-16-22(17-11-18)33(30,31)28-26(19-12-14-20(27)15-13-19)25-23(29)8-5-9-24(25)32-21-6-3-2-4-7-21/h2-4,6-7,10-17,24-26,28H,5,8-9H2,1H3/t24-,25-,26-/m0/s1. The van der Waals surface area contributed by atoms with Gasteiger partial charge in [0, 0.05) is 21.6 Å². The molecule has 0 aliphatic heterocycles. The first-order valence-corrected chi connectivity index (χ1v) is 13.7. The topological polar surface area (TPSA) is 63.2 Å². The summed E-state index contributed by atoms with van der Waals surface area (Å²) in [6, 6.07) is 23.0. The lowest BCUT2D eigenvalue weighted by molar-refractivity contribution is -0.125. The fraction of sp³-hybridized carbons (Fsp3) is 0.269. The van der Waals surface area contributed by atoms with Crippen LogP contribution in [0.15, 0.2) is 88.7 Å². The number of sulfonamides is 1. The second-order valence-electron chi connectivity index (χ2n) is 8.32. The molecule has 7 heteroatoms. The lowest BCUT2D eigenvalue weighted by Crippen LogP contribution is -2.43. The zero-order valence-electron chi connectivity index (χ0n) is 18.3. The van der Waals surface area contributed by atoms with E-state index in [4.69, 9.17) is 11.6 Å². The Bertz CT molecular complexity index is 1200. The predicted octanol–water partition coefficient (Wildman–Crippen LogP) is 6.20. The number of ketones is 1. The van der Waals surface area contributed by atoms with Gasteiger partial charge in [-0.1, -0.05) is 59.6 Å². The van der Waals surface area contributed by atoms with Crippen LogP contribution in [0.25, 0.3) is 0 Å². The Labute approximate surface area is 204 Å². The number of aryl methyl sites for hydroxylation is 1. The first-order valence-electron chi connectivity index (χ1n) is 10.9. The normalized spacial score (nSPS) is 19.9. The molecule has 4 rings (SSSR count). The van der Waals surface area contributed by atoms with Crippen molar-refractivity contribution < 1.29 is 13.2 Å². The van der Waals surface area contributed by atoms with Gasteiger partial charge in [0.05, 0.1) is 16.9 Å². The number of benzene rings is 3. The molecule has 0 unspecified atom stereocenters. The van der Waals surface area contributed by atoms with Crippen LogP contribution in [0.1, 0.15) is 36.4 Å². The largest absolute Gasteiger partial charge is 0.299 e. The van der Waals surface area contributed by atoms with Crippen LogP contribution < -0.4 is 4.72 Å². The summed E-state index contributed by atoms with van der Waals surface area (Å²) in [7, 11) is -3.85. The Morgan fingerprint density at radius 3 is 2.30 bits per heavy atom. The third-order valence-electron chi connectivity index (χ3n) is 5.92. The van der Waals surface area contributed by atoms with Crippen LogP contribution in [-0.4, -0.2) is 19.5 Å². The zero-order chi connectivity index (χ0) is 23.4. The van der Waals surface area contributed by atoms with Crippen molar-refractivity contribution in [3.8, 4) is 0 Å². The summed E-state index contributed by atoms with van der Waals surface area (Å²) in [5.74, 6) is -0.411. The Hall–Kier alpha value is -2.12. The summed E-state index contributed by atoms with van der Waals surface area (Å²) in [5, 5.41) is 0.513. The molecule has 0 bridgehead atoms. The first kappa shape index (κ1) is 24.0. The lowest BCUT2D eigenvalue weighted by Gasteiger charge is -2.36. The van der Waals surface area contributed by atoms with Crippen molar-refractivity contribution >= 4 is 39.2 Å². The van der Waals surface area contributed by atoms with E-state index in [0.29, 0.717) is 11.4 Å². The quantitative estimate of drug-likeness (QED) is 0.420. The van der Waals surface area contributed by atoms with Crippen LogP contribution in [0.4, 0.5) is 0 Å². The van der Waals surface area contributed by atoms with Crippen molar-refractivity contribution in [1.29, 1.82) is 0 Å². The average molecular weight is 500 g/mol. The molecule has 1 fully saturated rings. The van der Waals surface area contributed by atoms with Gasteiger partial charge in [-0.3, -0.25) is 4.79 Å².